The van der Waals surface area contributed by atoms with Crippen molar-refractivity contribution in [2.45, 2.75) is 46.1 Å². The summed E-state index contributed by atoms with van der Waals surface area (Å²) in [6, 6.07) is 4.67. The van der Waals surface area contributed by atoms with Crippen LogP contribution >= 0.6 is 0 Å². The molecule has 1 aliphatic rings. The Hall–Kier alpha value is -1.35. The van der Waals surface area contributed by atoms with E-state index in [-0.39, 0.29) is 11.2 Å². The van der Waals surface area contributed by atoms with Gasteiger partial charge < -0.3 is 9.84 Å². The topological polar surface area (TPSA) is 29.5 Å². The van der Waals surface area contributed by atoms with Gasteiger partial charge in [0.15, 0.2) is 11.6 Å². The van der Waals surface area contributed by atoms with Crippen molar-refractivity contribution < 1.29 is 14.2 Å². The van der Waals surface area contributed by atoms with Crippen molar-refractivity contribution >= 4 is 0 Å². The van der Waals surface area contributed by atoms with Gasteiger partial charge in [-0.1, -0.05) is 25.5 Å². The average molecular weight is 278 g/mol. The quantitative estimate of drug-likeness (QED) is 0.831. The van der Waals surface area contributed by atoms with E-state index in [1.807, 2.05) is 0 Å². The van der Waals surface area contributed by atoms with Crippen LogP contribution in [0.1, 0.15) is 51.7 Å². The van der Waals surface area contributed by atoms with Crippen molar-refractivity contribution in [2.24, 2.45) is 5.41 Å². The summed E-state index contributed by atoms with van der Waals surface area (Å²) in [5.74, 6) is -0.231. The molecule has 0 saturated heterocycles. The minimum atomic E-state index is -0.745. The zero-order chi connectivity index (χ0) is 14.9. The van der Waals surface area contributed by atoms with Gasteiger partial charge >= 0.3 is 0 Å². The normalized spacial score (nSPS) is 19.9. The van der Waals surface area contributed by atoms with Crippen LogP contribution in [0.2, 0.25) is 0 Å². The van der Waals surface area contributed by atoms with E-state index in [2.05, 4.69) is 20.8 Å². The van der Waals surface area contributed by atoms with Crippen LogP contribution in [0, 0.1) is 11.2 Å². The number of aliphatic hydroxyl groups is 1. The third-order valence-electron chi connectivity index (χ3n) is 4.31. The van der Waals surface area contributed by atoms with Crippen LogP contribution in [0.25, 0.3) is 0 Å². The predicted octanol–water partition coefficient (Wildman–Crippen LogP) is 4.39. The molecule has 2 nitrogen and oxygen atoms in total. The van der Waals surface area contributed by atoms with Gasteiger partial charge in [0, 0.05) is 0 Å². The van der Waals surface area contributed by atoms with Crippen LogP contribution in [-0.2, 0) is 0 Å². The lowest BCUT2D eigenvalue weighted by molar-refractivity contribution is 0.170. The molecule has 0 fully saturated rings. The molecule has 0 aliphatic heterocycles. The van der Waals surface area contributed by atoms with Crippen molar-refractivity contribution in [1.82, 2.24) is 0 Å². The van der Waals surface area contributed by atoms with Crippen LogP contribution in [0.15, 0.2) is 29.3 Å². The lowest BCUT2D eigenvalue weighted by Crippen LogP contribution is -2.25. The number of ether oxygens (including phenoxy) is 1. The van der Waals surface area contributed by atoms with E-state index < -0.39 is 11.9 Å². The summed E-state index contributed by atoms with van der Waals surface area (Å²) in [6.45, 7) is 6.36. The fourth-order valence-electron chi connectivity index (χ4n) is 3.27. The van der Waals surface area contributed by atoms with Crippen LogP contribution in [0.4, 0.5) is 4.39 Å². The van der Waals surface area contributed by atoms with E-state index in [1.54, 1.807) is 12.1 Å². The second-order valence-electron chi connectivity index (χ2n) is 6.23. The zero-order valence-electron chi connectivity index (χ0n) is 12.7. The number of hydrogen-bond donors (Lipinski definition) is 1. The van der Waals surface area contributed by atoms with Gasteiger partial charge in [-0.25, -0.2) is 4.39 Å². The number of benzene rings is 1. The van der Waals surface area contributed by atoms with Crippen LogP contribution < -0.4 is 4.74 Å². The van der Waals surface area contributed by atoms with Gasteiger partial charge in [-0.3, -0.25) is 0 Å². The molecule has 110 valence electrons. The minimum absolute atomic E-state index is 0.0435. The monoisotopic (exact) mass is 278 g/mol. The van der Waals surface area contributed by atoms with E-state index in [1.165, 1.54) is 18.7 Å². The fourth-order valence-corrected chi connectivity index (χ4v) is 3.27. The standard InChI is InChI=1S/C17H23FO2/c1-11-6-5-9-17(2,3)15(11)16(19)12-7-8-14(20-4)13(18)10-12/h7-8,10,16,19H,5-6,9H2,1-4H3. The number of allylic oxidation sites excluding steroid dienone is 1. The van der Waals surface area contributed by atoms with E-state index in [0.29, 0.717) is 5.56 Å². The van der Waals surface area contributed by atoms with Gasteiger partial charge in [-0.2, -0.15) is 0 Å². The van der Waals surface area contributed by atoms with Crippen molar-refractivity contribution in [2.75, 3.05) is 7.11 Å². The molecule has 3 heteroatoms. The molecule has 1 aromatic rings. The number of rotatable bonds is 3. The lowest BCUT2D eigenvalue weighted by atomic mass is 9.69. The second kappa shape index (κ2) is 5.57. The molecule has 0 bridgehead atoms. The molecular formula is C17H23FO2. The van der Waals surface area contributed by atoms with E-state index in [0.717, 1.165) is 24.8 Å². The Morgan fingerprint density at radius 3 is 2.60 bits per heavy atom. The molecule has 0 amide bonds. The number of methoxy groups -OCH3 is 1. The van der Waals surface area contributed by atoms with Gasteiger partial charge in [0.25, 0.3) is 0 Å². The Balaban J connectivity index is 2.40. The maximum absolute atomic E-state index is 13.8. The molecular weight excluding hydrogens is 255 g/mol. The minimum Gasteiger partial charge on any atom is -0.494 e. The molecule has 0 spiro atoms. The van der Waals surface area contributed by atoms with Crippen LogP contribution in [-0.4, -0.2) is 12.2 Å². The Bertz CT molecular complexity index is 532. The largest absolute Gasteiger partial charge is 0.494 e. The summed E-state index contributed by atoms with van der Waals surface area (Å²) in [7, 11) is 1.44. The van der Waals surface area contributed by atoms with Gasteiger partial charge in [0.1, 0.15) is 6.10 Å². The number of aliphatic hydroxyl groups excluding tert-OH is 1. The smallest absolute Gasteiger partial charge is 0.165 e. The maximum atomic E-state index is 13.8. The van der Waals surface area contributed by atoms with Gasteiger partial charge in [0.05, 0.1) is 7.11 Å². The molecule has 1 unspecified atom stereocenters. The summed E-state index contributed by atoms with van der Waals surface area (Å²) in [5, 5.41) is 10.7. The molecule has 1 aromatic carbocycles. The van der Waals surface area contributed by atoms with Gasteiger partial charge in [-0.15, -0.1) is 0 Å². The molecule has 1 atom stereocenters. The lowest BCUT2D eigenvalue weighted by Gasteiger charge is -2.37. The van der Waals surface area contributed by atoms with Crippen LogP contribution in [0.3, 0.4) is 0 Å². The fraction of sp³-hybridized carbons (Fsp3) is 0.529. The molecule has 0 saturated carbocycles. The highest BCUT2D eigenvalue weighted by Gasteiger charge is 2.33. The van der Waals surface area contributed by atoms with Crippen LogP contribution in [0.5, 0.6) is 5.75 Å². The second-order valence-corrected chi connectivity index (χ2v) is 6.23. The molecule has 1 N–H and O–H groups in total. The molecule has 0 heterocycles. The first kappa shape index (κ1) is 15.0. The summed E-state index contributed by atoms with van der Waals surface area (Å²) in [4.78, 5) is 0. The average Bonchev–Trinajstić information content (AvgIpc) is 2.37. The highest BCUT2D eigenvalue weighted by molar-refractivity contribution is 5.37. The van der Waals surface area contributed by atoms with E-state index in [9.17, 15) is 9.50 Å². The molecule has 0 radical (unpaired) electrons. The van der Waals surface area contributed by atoms with Crippen molar-refractivity contribution in [3.05, 3.63) is 40.7 Å². The van der Waals surface area contributed by atoms with Crippen molar-refractivity contribution in [3.63, 3.8) is 0 Å². The summed E-state index contributed by atoms with van der Waals surface area (Å²) in [5.41, 5.74) is 2.81. The van der Waals surface area contributed by atoms with Crippen molar-refractivity contribution in [3.8, 4) is 5.75 Å². The van der Waals surface area contributed by atoms with Crippen molar-refractivity contribution in [1.29, 1.82) is 0 Å². The first-order valence-electron chi connectivity index (χ1n) is 7.08. The zero-order valence-corrected chi connectivity index (χ0v) is 12.7. The first-order valence-corrected chi connectivity index (χ1v) is 7.08. The van der Waals surface area contributed by atoms with Gasteiger partial charge in [-0.05, 0) is 54.9 Å². The van der Waals surface area contributed by atoms with E-state index >= 15 is 0 Å². The Labute approximate surface area is 120 Å². The highest BCUT2D eigenvalue weighted by Crippen LogP contribution is 2.46. The Morgan fingerprint density at radius 2 is 2.05 bits per heavy atom. The summed E-state index contributed by atoms with van der Waals surface area (Å²) >= 11 is 0. The third-order valence-corrected chi connectivity index (χ3v) is 4.31. The third kappa shape index (κ3) is 2.73. The predicted molar refractivity (Wildman–Crippen MR) is 78.2 cm³/mol. The highest BCUT2D eigenvalue weighted by atomic mass is 19.1. The maximum Gasteiger partial charge on any atom is 0.165 e. The summed E-state index contributed by atoms with van der Waals surface area (Å²) in [6.07, 6.45) is 2.46. The number of halogens is 1. The SMILES string of the molecule is COc1ccc(C(O)C2=C(C)CCCC2(C)C)cc1F. The molecule has 20 heavy (non-hydrogen) atoms. The first-order chi connectivity index (χ1) is 9.36. The summed E-state index contributed by atoms with van der Waals surface area (Å²) < 4.78 is 18.7. The Kier molecular flexibility index (Phi) is 4.19. The number of hydrogen-bond acceptors (Lipinski definition) is 2. The Morgan fingerprint density at radius 1 is 1.35 bits per heavy atom. The molecule has 0 aromatic heterocycles. The van der Waals surface area contributed by atoms with Gasteiger partial charge in [0.2, 0.25) is 0 Å². The molecule has 2 rings (SSSR count). The molecule has 1 aliphatic carbocycles. The van der Waals surface area contributed by atoms with E-state index in [4.69, 9.17) is 4.74 Å².